The number of morpholine rings is 1. The highest BCUT2D eigenvalue weighted by Gasteiger charge is 2.30. The summed E-state index contributed by atoms with van der Waals surface area (Å²) >= 11 is 0. The third-order valence-corrected chi connectivity index (χ3v) is 5.49. The Bertz CT molecular complexity index is 982. The molecule has 2 heterocycles. The summed E-state index contributed by atoms with van der Waals surface area (Å²) in [5.41, 5.74) is 3.87. The Balaban J connectivity index is 1.48. The first-order chi connectivity index (χ1) is 13.3. The minimum Gasteiger partial charge on any atom is -0.370 e. The number of aromatic nitrogens is 1. The van der Waals surface area contributed by atoms with Crippen molar-refractivity contribution in [3.05, 3.63) is 77.5 Å². The van der Waals surface area contributed by atoms with E-state index in [1.165, 1.54) is 12.8 Å². The molecule has 4 nitrogen and oxygen atoms in total. The molecule has 1 unspecified atom stereocenters. The Kier molecular flexibility index (Phi) is 4.13. The number of pyridine rings is 1. The van der Waals surface area contributed by atoms with E-state index in [0.29, 0.717) is 25.6 Å². The van der Waals surface area contributed by atoms with Crippen molar-refractivity contribution >= 4 is 16.8 Å². The number of ether oxygens (including phenoxy) is 1. The Morgan fingerprint density at radius 1 is 1.04 bits per heavy atom. The molecule has 1 aromatic heterocycles. The summed E-state index contributed by atoms with van der Waals surface area (Å²) in [6.07, 6.45) is 2.28. The lowest BCUT2D eigenvalue weighted by Gasteiger charge is -2.33. The van der Waals surface area contributed by atoms with Crippen molar-refractivity contribution in [2.45, 2.75) is 24.9 Å². The van der Waals surface area contributed by atoms with Crippen LogP contribution in [-0.2, 0) is 4.74 Å². The molecular weight excluding hydrogens is 336 g/mol. The molecular formula is C23H22N2O2. The van der Waals surface area contributed by atoms with Gasteiger partial charge in [0.1, 0.15) is 6.10 Å². The van der Waals surface area contributed by atoms with Gasteiger partial charge in [-0.3, -0.25) is 9.78 Å². The molecule has 1 amide bonds. The molecule has 5 rings (SSSR count). The normalized spacial score (nSPS) is 20.0. The first-order valence-electron chi connectivity index (χ1n) is 9.65. The highest BCUT2D eigenvalue weighted by Crippen LogP contribution is 2.40. The van der Waals surface area contributed by atoms with E-state index in [0.717, 1.165) is 27.7 Å². The van der Waals surface area contributed by atoms with Gasteiger partial charge in [0.25, 0.3) is 5.91 Å². The number of amides is 1. The molecule has 0 radical (unpaired) electrons. The van der Waals surface area contributed by atoms with Crippen LogP contribution in [0.3, 0.4) is 0 Å². The van der Waals surface area contributed by atoms with E-state index in [-0.39, 0.29) is 12.0 Å². The number of rotatable bonds is 3. The quantitative estimate of drug-likeness (QED) is 0.700. The first kappa shape index (κ1) is 16.5. The highest BCUT2D eigenvalue weighted by atomic mass is 16.5. The van der Waals surface area contributed by atoms with E-state index >= 15 is 0 Å². The van der Waals surface area contributed by atoms with Gasteiger partial charge in [-0.1, -0.05) is 48.5 Å². The summed E-state index contributed by atoms with van der Waals surface area (Å²) in [4.78, 5) is 20.2. The molecule has 0 bridgehead atoms. The van der Waals surface area contributed by atoms with Crippen LogP contribution in [0.4, 0.5) is 0 Å². The number of hydrogen-bond acceptors (Lipinski definition) is 3. The molecule has 1 atom stereocenters. The third-order valence-electron chi connectivity index (χ3n) is 5.49. The summed E-state index contributed by atoms with van der Waals surface area (Å²) < 4.78 is 5.93. The van der Waals surface area contributed by atoms with Crippen LogP contribution in [0.1, 0.15) is 46.5 Å². The maximum Gasteiger partial charge on any atom is 0.254 e. The second kappa shape index (κ2) is 6.78. The van der Waals surface area contributed by atoms with E-state index < -0.39 is 0 Å². The summed E-state index contributed by atoms with van der Waals surface area (Å²) in [6, 6.07) is 20.1. The maximum absolute atomic E-state index is 13.4. The average molecular weight is 358 g/mol. The molecule has 27 heavy (non-hydrogen) atoms. The fourth-order valence-electron chi connectivity index (χ4n) is 3.83. The van der Waals surface area contributed by atoms with Crippen LogP contribution < -0.4 is 0 Å². The maximum atomic E-state index is 13.4. The van der Waals surface area contributed by atoms with Crippen molar-refractivity contribution in [2.24, 2.45) is 0 Å². The minimum absolute atomic E-state index is 0.0695. The predicted octanol–water partition coefficient (Wildman–Crippen LogP) is 4.33. The molecule has 1 aliphatic carbocycles. The topological polar surface area (TPSA) is 42.4 Å². The van der Waals surface area contributed by atoms with Crippen LogP contribution in [0, 0.1) is 0 Å². The van der Waals surface area contributed by atoms with Gasteiger partial charge in [0, 0.05) is 23.5 Å². The van der Waals surface area contributed by atoms with Crippen LogP contribution in [0.25, 0.3) is 10.9 Å². The van der Waals surface area contributed by atoms with Crippen molar-refractivity contribution in [1.82, 2.24) is 9.88 Å². The summed E-state index contributed by atoms with van der Waals surface area (Å²) in [6.45, 7) is 1.76. The zero-order chi connectivity index (χ0) is 18.2. The van der Waals surface area contributed by atoms with Gasteiger partial charge in [0.2, 0.25) is 0 Å². The van der Waals surface area contributed by atoms with Crippen molar-refractivity contribution < 1.29 is 9.53 Å². The fourth-order valence-corrected chi connectivity index (χ4v) is 3.83. The standard InChI is InChI=1S/C23H22N2O2/c26-23(25-12-13-27-22(15-25)17-6-2-1-3-7-17)19-14-21(16-10-11-16)24-20-9-5-4-8-18(19)20/h1-9,14,16,22H,10-13,15H2. The summed E-state index contributed by atoms with van der Waals surface area (Å²) in [7, 11) is 0. The third kappa shape index (κ3) is 3.21. The van der Waals surface area contributed by atoms with Gasteiger partial charge in [0.15, 0.2) is 0 Å². The molecule has 136 valence electrons. The Labute approximate surface area is 158 Å². The SMILES string of the molecule is O=C(c1cc(C2CC2)nc2ccccc12)N1CCOC(c2ccccc2)C1. The van der Waals surface area contributed by atoms with Crippen molar-refractivity contribution in [2.75, 3.05) is 19.7 Å². The molecule has 1 aliphatic heterocycles. The number of fused-ring (bicyclic) bond motifs is 1. The van der Waals surface area contributed by atoms with Crippen LogP contribution >= 0.6 is 0 Å². The molecule has 2 aromatic carbocycles. The second-order valence-corrected chi connectivity index (χ2v) is 7.41. The summed E-state index contributed by atoms with van der Waals surface area (Å²) in [5.74, 6) is 0.600. The van der Waals surface area contributed by atoms with Gasteiger partial charge in [0.05, 0.1) is 24.2 Å². The number of nitrogens with zero attached hydrogens (tertiary/aromatic N) is 2. The van der Waals surface area contributed by atoms with Gasteiger partial charge in [-0.25, -0.2) is 0 Å². The lowest BCUT2D eigenvalue weighted by molar-refractivity contribution is -0.0227. The zero-order valence-electron chi connectivity index (χ0n) is 15.2. The first-order valence-corrected chi connectivity index (χ1v) is 9.65. The van der Waals surface area contributed by atoms with Gasteiger partial charge >= 0.3 is 0 Å². The number of hydrogen-bond donors (Lipinski definition) is 0. The molecule has 4 heteroatoms. The zero-order valence-corrected chi connectivity index (χ0v) is 15.2. The smallest absolute Gasteiger partial charge is 0.254 e. The van der Waals surface area contributed by atoms with Crippen LogP contribution in [-0.4, -0.2) is 35.5 Å². The van der Waals surface area contributed by atoms with E-state index in [2.05, 4.69) is 12.1 Å². The lowest BCUT2D eigenvalue weighted by Crippen LogP contribution is -2.42. The van der Waals surface area contributed by atoms with Gasteiger partial charge in [-0.05, 0) is 30.5 Å². The van der Waals surface area contributed by atoms with Gasteiger partial charge < -0.3 is 9.64 Å². The van der Waals surface area contributed by atoms with E-state index in [1.54, 1.807) is 0 Å². The Morgan fingerprint density at radius 2 is 1.81 bits per heavy atom. The van der Waals surface area contributed by atoms with Gasteiger partial charge in [-0.15, -0.1) is 0 Å². The lowest BCUT2D eigenvalue weighted by atomic mass is 10.0. The van der Waals surface area contributed by atoms with Gasteiger partial charge in [-0.2, -0.15) is 0 Å². The molecule has 2 aliphatic rings. The highest BCUT2D eigenvalue weighted by molar-refractivity contribution is 6.06. The number of para-hydroxylation sites is 1. The van der Waals surface area contributed by atoms with Crippen LogP contribution in [0.2, 0.25) is 0 Å². The Morgan fingerprint density at radius 3 is 2.63 bits per heavy atom. The Hall–Kier alpha value is -2.72. The minimum atomic E-state index is -0.0695. The second-order valence-electron chi connectivity index (χ2n) is 7.41. The van der Waals surface area contributed by atoms with E-state index in [9.17, 15) is 4.79 Å². The van der Waals surface area contributed by atoms with Crippen molar-refractivity contribution in [3.63, 3.8) is 0 Å². The molecule has 3 aromatic rings. The van der Waals surface area contributed by atoms with Crippen LogP contribution in [0.15, 0.2) is 60.7 Å². The monoisotopic (exact) mass is 358 g/mol. The number of benzene rings is 2. The summed E-state index contributed by atoms with van der Waals surface area (Å²) in [5, 5.41) is 0.939. The fraction of sp³-hybridized carbons (Fsp3) is 0.304. The number of carbonyl (C=O) groups is 1. The predicted molar refractivity (Wildman–Crippen MR) is 105 cm³/mol. The largest absolute Gasteiger partial charge is 0.370 e. The molecule has 2 fully saturated rings. The van der Waals surface area contributed by atoms with E-state index in [4.69, 9.17) is 9.72 Å². The average Bonchev–Trinajstić information content (AvgIpc) is 3.59. The van der Waals surface area contributed by atoms with Crippen LogP contribution in [0.5, 0.6) is 0 Å². The van der Waals surface area contributed by atoms with E-state index in [1.807, 2.05) is 53.4 Å². The van der Waals surface area contributed by atoms with Crippen molar-refractivity contribution in [3.8, 4) is 0 Å². The molecule has 1 saturated carbocycles. The molecule has 0 N–H and O–H groups in total. The molecule has 0 spiro atoms. The molecule has 1 saturated heterocycles. The van der Waals surface area contributed by atoms with Crippen molar-refractivity contribution in [1.29, 1.82) is 0 Å². The number of carbonyl (C=O) groups excluding carboxylic acids is 1.